The zero-order valence-corrected chi connectivity index (χ0v) is 14.6. The molecule has 1 aliphatic heterocycles. The van der Waals surface area contributed by atoms with Gasteiger partial charge in [0.1, 0.15) is 18.5 Å². The molecule has 1 fully saturated rings. The summed E-state index contributed by atoms with van der Waals surface area (Å²) in [5.41, 5.74) is 2.03. The van der Waals surface area contributed by atoms with E-state index in [1.807, 2.05) is 36.4 Å². The molecule has 0 aliphatic carbocycles. The third kappa shape index (κ3) is 4.57. The Balaban J connectivity index is 1.73. The molecule has 0 spiro atoms. The van der Waals surface area contributed by atoms with Crippen LogP contribution in [0.1, 0.15) is 43.5 Å². The van der Waals surface area contributed by atoms with Gasteiger partial charge in [-0.25, -0.2) is 0 Å². The fourth-order valence-corrected chi connectivity index (χ4v) is 3.10. The van der Waals surface area contributed by atoms with Crippen LogP contribution >= 0.6 is 0 Å². The van der Waals surface area contributed by atoms with Gasteiger partial charge in [-0.2, -0.15) is 0 Å². The molecule has 1 aromatic heterocycles. The number of aromatic nitrogens is 1. The predicted molar refractivity (Wildman–Crippen MR) is 97.0 cm³/mol. The van der Waals surface area contributed by atoms with Crippen molar-refractivity contribution in [3.63, 3.8) is 0 Å². The summed E-state index contributed by atoms with van der Waals surface area (Å²) in [5, 5.41) is 3.08. The lowest BCUT2D eigenvalue weighted by Gasteiger charge is -2.25. The Bertz CT molecular complexity index is 690. The normalized spacial score (nSPS) is 17.5. The van der Waals surface area contributed by atoms with Crippen molar-refractivity contribution in [3.8, 4) is 5.75 Å². The van der Waals surface area contributed by atoms with Crippen LogP contribution in [0, 0.1) is 0 Å². The van der Waals surface area contributed by atoms with E-state index < -0.39 is 0 Å². The number of carbonyl (C=O) groups excluding carboxylic acids is 1. The van der Waals surface area contributed by atoms with Crippen LogP contribution in [0.5, 0.6) is 5.75 Å². The number of amides is 1. The lowest BCUT2D eigenvalue weighted by Crippen LogP contribution is -2.29. The lowest BCUT2D eigenvalue weighted by molar-refractivity contribution is -0.118. The molecule has 1 saturated heterocycles. The minimum atomic E-state index is -0.116. The van der Waals surface area contributed by atoms with Crippen LogP contribution in [0.3, 0.4) is 0 Å². The number of carbonyl (C=O) groups is 1. The molecule has 1 amide bonds. The Hall–Kier alpha value is -2.40. The second-order valence-electron chi connectivity index (χ2n) is 6.34. The maximum Gasteiger partial charge on any atom is 0.235 e. The van der Waals surface area contributed by atoms with Gasteiger partial charge in [-0.1, -0.05) is 44.0 Å². The molecular weight excluding hydrogens is 314 g/mol. The van der Waals surface area contributed by atoms with Gasteiger partial charge in [-0.3, -0.25) is 14.7 Å². The third-order valence-electron chi connectivity index (χ3n) is 4.39. The van der Waals surface area contributed by atoms with E-state index in [2.05, 4.69) is 22.1 Å². The molecule has 5 nitrogen and oxygen atoms in total. The smallest absolute Gasteiger partial charge is 0.235 e. The van der Waals surface area contributed by atoms with Gasteiger partial charge in [-0.15, -0.1) is 0 Å². The average molecular weight is 339 g/mol. The molecule has 1 atom stereocenters. The van der Waals surface area contributed by atoms with Gasteiger partial charge in [-0.05, 0) is 18.6 Å². The molecule has 1 unspecified atom stereocenters. The second-order valence-corrected chi connectivity index (χ2v) is 6.34. The van der Waals surface area contributed by atoms with E-state index in [1.165, 1.54) is 12.8 Å². The number of nitrogens with one attached hydrogen (secondary N) is 1. The minimum Gasteiger partial charge on any atom is -0.488 e. The molecule has 132 valence electrons. The second kappa shape index (κ2) is 8.62. The van der Waals surface area contributed by atoms with E-state index in [1.54, 1.807) is 12.4 Å². The van der Waals surface area contributed by atoms with Gasteiger partial charge < -0.3 is 10.1 Å². The summed E-state index contributed by atoms with van der Waals surface area (Å²) in [6.07, 6.45) is 6.88. The molecule has 1 aliphatic rings. The van der Waals surface area contributed by atoms with Gasteiger partial charge >= 0.3 is 0 Å². The summed E-state index contributed by atoms with van der Waals surface area (Å²) in [6, 6.07) is 11.8. The summed E-state index contributed by atoms with van der Waals surface area (Å²) in [5.74, 6) is 0.877. The Labute approximate surface area is 149 Å². The van der Waals surface area contributed by atoms with E-state index in [0.29, 0.717) is 13.2 Å². The SMILES string of the molecule is CCCCCN1CC(=O)NC1c1ccccc1OCc1cccnc1. The summed E-state index contributed by atoms with van der Waals surface area (Å²) in [4.78, 5) is 18.3. The number of benzene rings is 1. The van der Waals surface area contributed by atoms with Crippen molar-refractivity contribution in [2.45, 2.75) is 39.0 Å². The first-order valence-corrected chi connectivity index (χ1v) is 8.92. The van der Waals surface area contributed by atoms with Crippen molar-refractivity contribution in [1.29, 1.82) is 0 Å². The van der Waals surface area contributed by atoms with Crippen LogP contribution in [0.2, 0.25) is 0 Å². The molecular formula is C20H25N3O2. The molecule has 1 N–H and O–H groups in total. The predicted octanol–water partition coefficient (Wildman–Crippen LogP) is 3.28. The fraction of sp³-hybridized carbons (Fsp3) is 0.400. The molecule has 2 heterocycles. The van der Waals surface area contributed by atoms with Gasteiger partial charge in [0.25, 0.3) is 0 Å². The monoisotopic (exact) mass is 339 g/mol. The van der Waals surface area contributed by atoms with Crippen LogP contribution in [0.15, 0.2) is 48.8 Å². The highest BCUT2D eigenvalue weighted by atomic mass is 16.5. The number of rotatable bonds is 8. The third-order valence-corrected chi connectivity index (χ3v) is 4.39. The van der Waals surface area contributed by atoms with Crippen LogP contribution in [0.4, 0.5) is 0 Å². The number of unbranched alkanes of at least 4 members (excludes halogenated alkanes) is 2. The molecule has 2 aromatic rings. The van der Waals surface area contributed by atoms with E-state index in [9.17, 15) is 4.79 Å². The number of hydrogen-bond donors (Lipinski definition) is 1. The molecule has 1 aromatic carbocycles. The van der Waals surface area contributed by atoms with Crippen molar-refractivity contribution < 1.29 is 9.53 Å². The average Bonchev–Trinajstić information content (AvgIpc) is 3.02. The first kappa shape index (κ1) is 17.4. The molecule has 0 radical (unpaired) electrons. The van der Waals surface area contributed by atoms with E-state index in [4.69, 9.17) is 4.74 Å². The Morgan fingerprint density at radius 2 is 2.12 bits per heavy atom. The lowest BCUT2D eigenvalue weighted by atomic mass is 10.1. The maximum absolute atomic E-state index is 12.0. The van der Waals surface area contributed by atoms with Crippen molar-refractivity contribution >= 4 is 5.91 Å². The summed E-state index contributed by atoms with van der Waals surface area (Å²) in [6.45, 7) is 4.01. The largest absolute Gasteiger partial charge is 0.488 e. The van der Waals surface area contributed by atoms with E-state index in [-0.39, 0.29) is 12.1 Å². The molecule has 0 saturated carbocycles. The quantitative estimate of drug-likeness (QED) is 0.750. The zero-order valence-electron chi connectivity index (χ0n) is 14.6. The zero-order chi connectivity index (χ0) is 17.5. The molecule has 5 heteroatoms. The molecule has 3 rings (SSSR count). The highest BCUT2D eigenvalue weighted by molar-refractivity contribution is 5.80. The summed E-state index contributed by atoms with van der Waals surface area (Å²) in [7, 11) is 0. The highest BCUT2D eigenvalue weighted by Gasteiger charge is 2.32. The maximum atomic E-state index is 12.0. The number of nitrogens with zero attached hydrogens (tertiary/aromatic N) is 2. The molecule has 25 heavy (non-hydrogen) atoms. The van der Waals surface area contributed by atoms with Crippen molar-refractivity contribution in [1.82, 2.24) is 15.2 Å². The Kier molecular flexibility index (Phi) is 6.01. The summed E-state index contributed by atoms with van der Waals surface area (Å²) < 4.78 is 6.03. The van der Waals surface area contributed by atoms with Gasteiger partial charge in [0.2, 0.25) is 5.91 Å². The van der Waals surface area contributed by atoms with Crippen molar-refractivity contribution in [2.75, 3.05) is 13.1 Å². The molecule has 0 bridgehead atoms. The van der Waals surface area contributed by atoms with Crippen LogP contribution in [-0.2, 0) is 11.4 Å². The Morgan fingerprint density at radius 3 is 2.92 bits per heavy atom. The number of pyridine rings is 1. The van der Waals surface area contributed by atoms with Gasteiger partial charge in [0, 0.05) is 30.1 Å². The van der Waals surface area contributed by atoms with Crippen LogP contribution in [0.25, 0.3) is 0 Å². The topological polar surface area (TPSA) is 54.5 Å². The number of ether oxygens (including phenoxy) is 1. The fourth-order valence-electron chi connectivity index (χ4n) is 3.10. The number of hydrogen-bond acceptors (Lipinski definition) is 4. The van der Waals surface area contributed by atoms with Crippen LogP contribution in [-0.4, -0.2) is 28.9 Å². The first-order chi connectivity index (χ1) is 12.3. The van der Waals surface area contributed by atoms with Crippen LogP contribution < -0.4 is 10.1 Å². The van der Waals surface area contributed by atoms with Crippen molar-refractivity contribution in [3.05, 3.63) is 59.9 Å². The van der Waals surface area contributed by atoms with E-state index in [0.717, 1.165) is 29.8 Å². The first-order valence-electron chi connectivity index (χ1n) is 8.92. The minimum absolute atomic E-state index is 0.0727. The standard InChI is InChI=1S/C20H25N3O2/c1-2-3-6-12-23-14-19(24)22-20(23)17-9-4-5-10-18(17)25-15-16-8-7-11-21-13-16/h4-5,7-11,13,20H,2-3,6,12,14-15H2,1H3,(H,22,24). The summed E-state index contributed by atoms with van der Waals surface area (Å²) >= 11 is 0. The number of para-hydroxylation sites is 1. The highest BCUT2D eigenvalue weighted by Crippen LogP contribution is 2.30. The Morgan fingerprint density at radius 1 is 1.24 bits per heavy atom. The van der Waals surface area contributed by atoms with Gasteiger partial charge in [0.05, 0.1) is 6.54 Å². The van der Waals surface area contributed by atoms with Gasteiger partial charge in [0.15, 0.2) is 0 Å². The van der Waals surface area contributed by atoms with Crippen molar-refractivity contribution in [2.24, 2.45) is 0 Å². The van der Waals surface area contributed by atoms with E-state index >= 15 is 0 Å².